The molecule has 3 rings (SSSR count). The molecule has 0 aromatic heterocycles. The van der Waals surface area contributed by atoms with Crippen LogP contribution in [-0.2, 0) is 10.3 Å². The van der Waals surface area contributed by atoms with E-state index in [2.05, 4.69) is 0 Å². The van der Waals surface area contributed by atoms with Gasteiger partial charge in [0.05, 0.1) is 12.7 Å². The van der Waals surface area contributed by atoms with E-state index in [1.54, 1.807) is 6.92 Å². The predicted molar refractivity (Wildman–Crippen MR) is 118 cm³/mol. The fourth-order valence-corrected chi connectivity index (χ4v) is 3.66. The number of benzene rings is 3. The van der Waals surface area contributed by atoms with Gasteiger partial charge in [0.25, 0.3) is 0 Å². The van der Waals surface area contributed by atoms with Crippen molar-refractivity contribution in [2.75, 3.05) is 6.61 Å². The van der Waals surface area contributed by atoms with Gasteiger partial charge in [0.1, 0.15) is 17.8 Å². The zero-order chi connectivity index (χ0) is 21.4. The highest BCUT2D eigenvalue weighted by atomic mass is 16.5. The van der Waals surface area contributed by atoms with Crippen LogP contribution in [-0.4, -0.2) is 40.2 Å². The summed E-state index contributed by atoms with van der Waals surface area (Å²) >= 11 is 0. The second kappa shape index (κ2) is 10.3. The number of rotatable bonds is 9. The first kappa shape index (κ1) is 21.9. The molecular formula is C26H28O4. The van der Waals surface area contributed by atoms with E-state index in [0.717, 1.165) is 16.7 Å². The molecule has 4 nitrogen and oxygen atoms in total. The molecule has 3 aromatic carbocycles. The first-order valence-electron chi connectivity index (χ1n) is 10.1. The number of ether oxygens (including phenoxy) is 1. The van der Waals surface area contributed by atoms with Crippen LogP contribution in [0.1, 0.15) is 23.6 Å². The maximum Gasteiger partial charge on any atom is 0.144 e. The van der Waals surface area contributed by atoms with Gasteiger partial charge in [-0.2, -0.15) is 0 Å². The summed E-state index contributed by atoms with van der Waals surface area (Å²) < 4.78 is 6.65. The maximum atomic E-state index is 10.7. The maximum absolute atomic E-state index is 10.7. The second-order valence-electron chi connectivity index (χ2n) is 7.19. The van der Waals surface area contributed by atoms with Crippen molar-refractivity contribution in [1.82, 2.24) is 0 Å². The third-order valence-electron chi connectivity index (χ3n) is 5.17. The lowest BCUT2D eigenvalue weighted by atomic mass is 9.79. The Bertz CT molecular complexity index is 813. The zero-order valence-electron chi connectivity index (χ0n) is 17.0. The Hall–Kier alpha value is -2.76. The standard InChI is InChI=1S/C26H28O4/c1-20(25(29)24(28)18-11-19-27)30-26(21-12-5-2-6-13-21,22-14-7-3-8-15-22)23-16-9-4-10-17-23/h2-18,20,24-25,27-29H,19H2,1H3/b18-11+. The van der Waals surface area contributed by atoms with Crippen molar-refractivity contribution in [3.8, 4) is 0 Å². The van der Waals surface area contributed by atoms with E-state index >= 15 is 0 Å². The van der Waals surface area contributed by atoms with E-state index in [-0.39, 0.29) is 6.61 Å². The topological polar surface area (TPSA) is 69.9 Å². The molecule has 0 fully saturated rings. The molecule has 3 N–H and O–H groups in total. The summed E-state index contributed by atoms with van der Waals surface area (Å²) in [4.78, 5) is 0. The van der Waals surface area contributed by atoms with Gasteiger partial charge >= 0.3 is 0 Å². The molecule has 3 atom stereocenters. The van der Waals surface area contributed by atoms with Crippen molar-refractivity contribution in [2.24, 2.45) is 0 Å². The first-order valence-corrected chi connectivity index (χ1v) is 10.1. The van der Waals surface area contributed by atoms with E-state index < -0.39 is 23.9 Å². The zero-order valence-corrected chi connectivity index (χ0v) is 17.0. The normalized spacial score (nSPS) is 15.1. The molecular weight excluding hydrogens is 376 g/mol. The van der Waals surface area contributed by atoms with Crippen molar-refractivity contribution in [3.05, 3.63) is 120 Å². The van der Waals surface area contributed by atoms with E-state index in [0.29, 0.717) is 0 Å². The molecule has 0 aliphatic carbocycles. The van der Waals surface area contributed by atoms with Gasteiger partial charge in [0, 0.05) is 0 Å². The van der Waals surface area contributed by atoms with Crippen LogP contribution in [0, 0.1) is 0 Å². The lowest BCUT2D eigenvalue weighted by Crippen LogP contribution is -2.43. The van der Waals surface area contributed by atoms with Crippen LogP contribution >= 0.6 is 0 Å². The van der Waals surface area contributed by atoms with Crippen molar-refractivity contribution < 1.29 is 20.1 Å². The van der Waals surface area contributed by atoms with Gasteiger partial charge in [-0.1, -0.05) is 103 Å². The quantitative estimate of drug-likeness (QED) is 0.376. The van der Waals surface area contributed by atoms with Crippen LogP contribution in [0.4, 0.5) is 0 Å². The minimum Gasteiger partial charge on any atom is -0.392 e. The summed E-state index contributed by atoms with van der Waals surface area (Å²) in [5.74, 6) is 0. The van der Waals surface area contributed by atoms with E-state index in [4.69, 9.17) is 9.84 Å². The predicted octanol–water partition coefficient (Wildman–Crippen LogP) is 3.65. The summed E-state index contributed by atoms with van der Waals surface area (Å²) in [6, 6.07) is 29.6. The molecule has 156 valence electrons. The minimum absolute atomic E-state index is 0.207. The van der Waals surface area contributed by atoms with Gasteiger partial charge in [0.2, 0.25) is 0 Å². The highest BCUT2D eigenvalue weighted by Crippen LogP contribution is 2.41. The van der Waals surface area contributed by atoms with E-state index in [9.17, 15) is 10.2 Å². The molecule has 0 bridgehead atoms. The third kappa shape index (κ3) is 4.69. The Morgan fingerprint density at radius 2 is 1.17 bits per heavy atom. The number of hydrogen-bond donors (Lipinski definition) is 3. The molecule has 0 aliphatic heterocycles. The number of aliphatic hydroxyl groups excluding tert-OH is 3. The smallest absolute Gasteiger partial charge is 0.144 e. The fraction of sp³-hybridized carbons (Fsp3) is 0.231. The second-order valence-corrected chi connectivity index (χ2v) is 7.19. The molecule has 0 saturated carbocycles. The number of aliphatic hydroxyl groups is 3. The summed E-state index contributed by atoms with van der Waals surface area (Å²) in [6.45, 7) is 1.53. The van der Waals surface area contributed by atoms with Gasteiger partial charge in [-0.05, 0) is 23.6 Å². The van der Waals surface area contributed by atoms with Gasteiger partial charge < -0.3 is 20.1 Å². The molecule has 3 unspecified atom stereocenters. The highest BCUT2D eigenvalue weighted by Gasteiger charge is 2.40. The van der Waals surface area contributed by atoms with Gasteiger partial charge in [-0.3, -0.25) is 0 Å². The van der Waals surface area contributed by atoms with E-state index in [1.807, 2.05) is 91.0 Å². The minimum atomic E-state index is -1.18. The molecule has 3 aromatic rings. The Balaban J connectivity index is 2.13. The molecule has 0 saturated heterocycles. The Labute approximate surface area is 177 Å². The van der Waals surface area contributed by atoms with Crippen LogP contribution < -0.4 is 0 Å². The van der Waals surface area contributed by atoms with Gasteiger partial charge in [-0.25, -0.2) is 0 Å². The average Bonchev–Trinajstić information content (AvgIpc) is 2.82. The molecule has 0 aliphatic rings. The first-order chi connectivity index (χ1) is 14.6. The van der Waals surface area contributed by atoms with Crippen molar-refractivity contribution in [3.63, 3.8) is 0 Å². The van der Waals surface area contributed by atoms with Gasteiger partial charge in [0.15, 0.2) is 0 Å². The Morgan fingerprint density at radius 3 is 1.53 bits per heavy atom. The summed E-state index contributed by atoms with van der Waals surface area (Å²) in [5, 5.41) is 30.0. The largest absolute Gasteiger partial charge is 0.392 e. The Morgan fingerprint density at radius 1 is 0.767 bits per heavy atom. The van der Waals surface area contributed by atoms with Crippen molar-refractivity contribution in [2.45, 2.75) is 30.8 Å². The molecule has 4 heteroatoms. The summed E-state index contributed by atoms with van der Waals surface area (Å²) in [6.07, 6.45) is -0.279. The molecule has 0 radical (unpaired) electrons. The lowest BCUT2D eigenvalue weighted by molar-refractivity contribution is -0.117. The van der Waals surface area contributed by atoms with Crippen molar-refractivity contribution in [1.29, 1.82) is 0 Å². The summed E-state index contributed by atoms with van der Waals surface area (Å²) in [5.41, 5.74) is 1.77. The van der Waals surface area contributed by atoms with Crippen LogP contribution in [0.3, 0.4) is 0 Å². The van der Waals surface area contributed by atoms with Crippen LogP contribution in [0.5, 0.6) is 0 Å². The number of hydrogen-bond acceptors (Lipinski definition) is 4. The highest BCUT2D eigenvalue weighted by molar-refractivity contribution is 5.47. The van der Waals surface area contributed by atoms with Crippen molar-refractivity contribution >= 4 is 0 Å². The van der Waals surface area contributed by atoms with Gasteiger partial charge in [-0.15, -0.1) is 0 Å². The lowest BCUT2D eigenvalue weighted by Gasteiger charge is -2.39. The van der Waals surface area contributed by atoms with Crippen LogP contribution in [0.15, 0.2) is 103 Å². The SMILES string of the molecule is CC(OC(c1ccccc1)(c1ccccc1)c1ccccc1)C(O)C(O)/C=C/CO. The molecule has 30 heavy (non-hydrogen) atoms. The molecule has 0 amide bonds. The average molecular weight is 405 g/mol. The monoisotopic (exact) mass is 404 g/mol. The fourth-order valence-electron chi connectivity index (χ4n) is 3.66. The summed E-state index contributed by atoms with van der Waals surface area (Å²) in [7, 11) is 0. The third-order valence-corrected chi connectivity index (χ3v) is 5.17. The van der Waals surface area contributed by atoms with Crippen LogP contribution in [0.2, 0.25) is 0 Å². The van der Waals surface area contributed by atoms with Crippen LogP contribution in [0.25, 0.3) is 0 Å². The van der Waals surface area contributed by atoms with E-state index in [1.165, 1.54) is 12.2 Å². The molecule has 0 heterocycles. The Kier molecular flexibility index (Phi) is 7.55. The molecule has 0 spiro atoms.